The number of carbonyl (C=O) groups is 1. The summed E-state index contributed by atoms with van der Waals surface area (Å²) in [7, 11) is 0. The van der Waals surface area contributed by atoms with Crippen LogP contribution in [0.3, 0.4) is 0 Å². The van der Waals surface area contributed by atoms with Crippen molar-refractivity contribution in [2.75, 3.05) is 13.1 Å². The predicted octanol–water partition coefficient (Wildman–Crippen LogP) is 2.98. The number of hydrogen-bond acceptors (Lipinski definition) is 2. The van der Waals surface area contributed by atoms with Crippen LogP contribution in [0.1, 0.15) is 36.2 Å². The summed E-state index contributed by atoms with van der Waals surface area (Å²) in [5.41, 5.74) is 2.06. The van der Waals surface area contributed by atoms with Crippen molar-refractivity contribution < 1.29 is 4.79 Å². The lowest BCUT2D eigenvalue weighted by Crippen LogP contribution is -2.38. The van der Waals surface area contributed by atoms with Crippen LogP contribution in [0.15, 0.2) is 24.3 Å². The van der Waals surface area contributed by atoms with Gasteiger partial charge in [-0.3, -0.25) is 9.69 Å². The Morgan fingerprint density at radius 3 is 2.29 bits per heavy atom. The van der Waals surface area contributed by atoms with Gasteiger partial charge in [0, 0.05) is 25.2 Å². The molecule has 0 N–H and O–H groups in total. The van der Waals surface area contributed by atoms with E-state index in [9.17, 15) is 4.79 Å². The molecule has 0 amide bonds. The van der Waals surface area contributed by atoms with Gasteiger partial charge in [0.1, 0.15) is 6.29 Å². The monoisotopic (exact) mass is 231 g/mol. The summed E-state index contributed by atoms with van der Waals surface area (Å²) in [5.74, 6) is 1.60. The Balaban J connectivity index is 1.97. The number of likely N-dealkylation sites (tertiary alicyclic amines) is 1. The number of benzene rings is 1. The lowest BCUT2D eigenvalue weighted by Gasteiger charge is -2.35. The highest BCUT2D eigenvalue weighted by molar-refractivity contribution is 5.74. The predicted molar refractivity (Wildman–Crippen MR) is 70.1 cm³/mol. The molecule has 2 atom stereocenters. The second-order valence-corrected chi connectivity index (χ2v) is 5.50. The molecular weight excluding hydrogens is 210 g/mol. The molecule has 0 aromatic heterocycles. The van der Waals surface area contributed by atoms with Gasteiger partial charge in [-0.15, -0.1) is 0 Å². The van der Waals surface area contributed by atoms with Crippen LogP contribution >= 0.6 is 0 Å². The Morgan fingerprint density at radius 1 is 1.18 bits per heavy atom. The summed E-state index contributed by atoms with van der Waals surface area (Å²) in [5, 5.41) is 0. The number of hydrogen-bond donors (Lipinski definition) is 0. The Bertz CT molecular complexity index is 361. The van der Waals surface area contributed by atoms with Crippen molar-refractivity contribution >= 4 is 6.29 Å². The van der Waals surface area contributed by atoms with Crippen LogP contribution in [0, 0.1) is 11.8 Å². The molecule has 2 rings (SSSR count). The molecule has 1 saturated heterocycles. The molecule has 0 spiro atoms. The quantitative estimate of drug-likeness (QED) is 0.745. The molecule has 0 saturated carbocycles. The van der Waals surface area contributed by atoms with E-state index in [1.54, 1.807) is 0 Å². The lowest BCUT2D eigenvalue weighted by atomic mass is 9.91. The van der Waals surface area contributed by atoms with Crippen molar-refractivity contribution in [1.82, 2.24) is 4.90 Å². The van der Waals surface area contributed by atoms with Gasteiger partial charge in [0.05, 0.1) is 0 Å². The molecule has 0 radical (unpaired) electrons. The van der Waals surface area contributed by atoms with E-state index in [-0.39, 0.29) is 0 Å². The van der Waals surface area contributed by atoms with Gasteiger partial charge in [0.25, 0.3) is 0 Å². The zero-order valence-corrected chi connectivity index (χ0v) is 10.7. The summed E-state index contributed by atoms with van der Waals surface area (Å²) in [6, 6.07) is 7.93. The second kappa shape index (κ2) is 5.46. The highest BCUT2D eigenvalue weighted by atomic mass is 16.1. The fourth-order valence-electron chi connectivity index (χ4n) is 2.88. The zero-order chi connectivity index (χ0) is 12.3. The minimum atomic E-state index is 0.758. The molecule has 2 unspecified atom stereocenters. The molecule has 92 valence electrons. The Labute approximate surface area is 104 Å². The van der Waals surface area contributed by atoms with E-state index >= 15 is 0 Å². The molecule has 1 aliphatic heterocycles. The van der Waals surface area contributed by atoms with Crippen molar-refractivity contribution in [2.45, 2.75) is 26.8 Å². The first-order valence-corrected chi connectivity index (χ1v) is 6.44. The highest BCUT2D eigenvalue weighted by Gasteiger charge is 2.21. The Morgan fingerprint density at radius 2 is 1.76 bits per heavy atom. The van der Waals surface area contributed by atoms with E-state index in [4.69, 9.17) is 0 Å². The number of nitrogens with zero attached hydrogens (tertiary/aromatic N) is 1. The van der Waals surface area contributed by atoms with Crippen molar-refractivity contribution in [3.63, 3.8) is 0 Å². The van der Waals surface area contributed by atoms with E-state index in [1.165, 1.54) is 25.1 Å². The summed E-state index contributed by atoms with van der Waals surface area (Å²) >= 11 is 0. The molecule has 2 nitrogen and oxygen atoms in total. The first-order chi connectivity index (χ1) is 8.17. The van der Waals surface area contributed by atoms with Gasteiger partial charge in [-0.1, -0.05) is 38.1 Å². The van der Waals surface area contributed by atoms with Crippen LogP contribution in [-0.4, -0.2) is 24.3 Å². The molecule has 1 aromatic carbocycles. The minimum Gasteiger partial charge on any atom is -0.299 e. The van der Waals surface area contributed by atoms with Crippen molar-refractivity contribution in [3.8, 4) is 0 Å². The maximum Gasteiger partial charge on any atom is 0.150 e. The van der Waals surface area contributed by atoms with Crippen LogP contribution in [-0.2, 0) is 6.54 Å². The standard InChI is InChI=1S/C15H21NO/c1-12-7-13(2)9-16(8-12)10-14-3-5-15(11-17)6-4-14/h3-6,11-13H,7-10H2,1-2H3. The van der Waals surface area contributed by atoms with E-state index in [2.05, 4.69) is 30.9 Å². The first-order valence-electron chi connectivity index (χ1n) is 6.44. The molecule has 1 aliphatic rings. The van der Waals surface area contributed by atoms with Gasteiger partial charge in [-0.25, -0.2) is 0 Å². The maximum atomic E-state index is 10.6. The largest absolute Gasteiger partial charge is 0.299 e. The summed E-state index contributed by atoms with van der Waals surface area (Å²) in [6.45, 7) is 8.06. The lowest BCUT2D eigenvalue weighted by molar-refractivity contribution is 0.112. The highest BCUT2D eigenvalue weighted by Crippen LogP contribution is 2.22. The van der Waals surface area contributed by atoms with Crippen molar-refractivity contribution in [1.29, 1.82) is 0 Å². The molecule has 1 heterocycles. The van der Waals surface area contributed by atoms with Gasteiger partial charge < -0.3 is 0 Å². The SMILES string of the molecule is CC1CC(C)CN(Cc2ccc(C=O)cc2)C1. The minimum absolute atomic E-state index is 0.758. The van der Waals surface area contributed by atoms with Crippen molar-refractivity contribution in [2.24, 2.45) is 11.8 Å². The Hall–Kier alpha value is -1.15. The number of rotatable bonds is 3. The van der Waals surface area contributed by atoms with Gasteiger partial charge >= 0.3 is 0 Å². The zero-order valence-electron chi connectivity index (χ0n) is 10.7. The van der Waals surface area contributed by atoms with Crippen molar-refractivity contribution in [3.05, 3.63) is 35.4 Å². The summed E-state index contributed by atoms with van der Waals surface area (Å²) in [6.07, 6.45) is 2.25. The van der Waals surface area contributed by atoms with E-state index in [1.807, 2.05) is 12.1 Å². The molecule has 0 aliphatic carbocycles. The van der Waals surface area contributed by atoms with Crippen LogP contribution in [0.5, 0.6) is 0 Å². The van der Waals surface area contributed by atoms with Crippen LogP contribution in [0.2, 0.25) is 0 Å². The number of piperidine rings is 1. The summed E-state index contributed by atoms with van der Waals surface area (Å²) in [4.78, 5) is 13.1. The third-order valence-electron chi connectivity index (χ3n) is 3.47. The molecule has 2 heteroatoms. The second-order valence-electron chi connectivity index (χ2n) is 5.50. The van der Waals surface area contributed by atoms with E-state index in [0.717, 1.165) is 30.2 Å². The molecular formula is C15H21NO. The topological polar surface area (TPSA) is 20.3 Å². The fourth-order valence-corrected chi connectivity index (χ4v) is 2.88. The van der Waals surface area contributed by atoms with Gasteiger partial charge in [-0.2, -0.15) is 0 Å². The first kappa shape index (κ1) is 12.3. The van der Waals surface area contributed by atoms with E-state index < -0.39 is 0 Å². The van der Waals surface area contributed by atoms with Crippen LogP contribution in [0.4, 0.5) is 0 Å². The number of carbonyl (C=O) groups excluding carboxylic acids is 1. The Kier molecular flexibility index (Phi) is 3.95. The van der Waals surface area contributed by atoms with E-state index in [0.29, 0.717) is 0 Å². The third kappa shape index (κ3) is 3.40. The fraction of sp³-hybridized carbons (Fsp3) is 0.533. The normalized spacial score (nSPS) is 25.8. The van der Waals surface area contributed by atoms with Crippen LogP contribution < -0.4 is 0 Å². The smallest absolute Gasteiger partial charge is 0.150 e. The average Bonchev–Trinajstić information content (AvgIpc) is 2.28. The third-order valence-corrected chi connectivity index (χ3v) is 3.47. The molecule has 1 fully saturated rings. The molecule has 17 heavy (non-hydrogen) atoms. The maximum absolute atomic E-state index is 10.6. The molecule has 0 bridgehead atoms. The summed E-state index contributed by atoms with van der Waals surface area (Å²) < 4.78 is 0. The van der Waals surface area contributed by atoms with Gasteiger partial charge in [-0.05, 0) is 23.8 Å². The molecule has 1 aromatic rings. The van der Waals surface area contributed by atoms with Gasteiger partial charge in [0.2, 0.25) is 0 Å². The van der Waals surface area contributed by atoms with Crippen LogP contribution in [0.25, 0.3) is 0 Å². The number of aldehydes is 1. The van der Waals surface area contributed by atoms with Gasteiger partial charge in [0.15, 0.2) is 0 Å². The average molecular weight is 231 g/mol.